The summed E-state index contributed by atoms with van der Waals surface area (Å²) in [5.41, 5.74) is 3.09. The Balaban J connectivity index is 1.98. The Morgan fingerprint density at radius 3 is 2.09 bits per heavy atom. The van der Waals surface area contributed by atoms with E-state index >= 15 is 0 Å². The van der Waals surface area contributed by atoms with Crippen LogP contribution in [-0.4, -0.2) is 6.03 Å². The molecule has 0 aromatic heterocycles. The smallest absolute Gasteiger partial charge is 0.319 e. The van der Waals surface area contributed by atoms with E-state index in [1.807, 2.05) is 55.5 Å². The molecule has 0 radical (unpaired) electrons. The molecule has 0 saturated carbocycles. The van der Waals surface area contributed by atoms with E-state index in [1.165, 1.54) is 5.56 Å². The standard InChI is InChI=1S/C19H23ClN2O/c1-4-18(15-5-9-16(20)10-6-15)22-19(23)21-17-11-7-14(8-12-17)13(2)3/h5-13,18H,4H2,1-3H3,(H2,21,22,23)/t18-/m1/s1. The normalized spacial score (nSPS) is 12.0. The Morgan fingerprint density at radius 1 is 1.00 bits per heavy atom. The van der Waals surface area contributed by atoms with Gasteiger partial charge in [0.1, 0.15) is 0 Å². The summed E-state index contributed by atoms with van der Waals surface area (Å²) >= 11 is 5.91. The van der Waals surface area contributed by atoms with E-state index in [0.717, 1.165) is 17.7 Å². The van der Waals surface area contributed by atoms with Crippen LogP contribution >= 0.6 is 11.6 Å². The molecule has 0 heterocycles. The maximum absolute atomic E-state index is 12.2. The third-order valence-corrected chi connectivity index (χ3v) is 4.07. The van der Waals surface area contributed by atoms with Gasteiger partial charge in [-0.25, -0.2) is 4.79 Å². The number of urea groups is 1. The average Bonchev–Trinajstić information content (AvgIpc) is 2.54. The van der Waals surface area contributed by atoms with Crippen LogP contribution < -0.4 is 10.6 Å². The topological polar surface area (TPSA) is 41.1 Å². The Labute approximate surface area is 143 Å². The predicted molar refractivity (Wildman–Crippen MR) is 97.2 cm³/mol. The summed E-state index contributed by atoms with van der Waals surface area (Å²) in [5, 5.41) is 6.57. The van der Waals surface area contributed by atoms with Crippen LogP contribution in [0.5, 0.6) is 0 Å². The highest BCUT2D eigenvalue weighted by Crippen LogP contribution is 2.20. The van der Waals surface area contributed by atoms with Gasteiger partial charge in [0.05, 0.1) is 6.04 Å². The summed E-state index contributed by atoms with van der Waals surface area (Å²) in [6.45, 7) is 6.33. The van der Waals surface area contributed by atoms with Crippen molar-refractivity contribution in [2.75, 3.05) is 5.32 Å². The molecule has 2 N–H and O–H groups in total. The van der Waals surface area contributed by atoms with Gasteiger partial charge in [0.2, 0.25) is 0 Å². The quantitative estimate of drug-likeness (QED) is 0.721. The minimum Gasteiger partial charge on any atom is -0.331 e. The number of rotatable bonds is 5. The highest BCUT2D eigenvalue weighted by atomic mass is 35.5. The number of hydrogen-bond donors (Lipinski definition) is 2. The van der Waals surface area contributed by atoms with Gasteiger partial charge in [-0.2, -0.15) is 0 Å². The van der Waals surface area contributed by atoms with Crippen LogP contribution in [-0.2, 0) is 0 Å². The predicted octanol–water partition coefficient (Wildman–Crippen LogP) is 5.74. The molecule has 0 aliphatic carbocycles. The lowest BCUT2D eigenvalue weighted by Crippen LogP contribution is -2.32. The zero-order valence-electron chi connectivity index (χ0n) is 13.8. The molecule has 2 rings (SSSR count). The summed E-state index contributed by atoms with van der Waals surface area (Å²) in [4.78, 5) is 12.2. The Hall–Kier alpha value is -2.00. The summed E-state index contributed by atoms with van der Waals surface area (Å²) in [7, 11) is 0. The first-order valence-electron chi connectivity index (χ1n) is 7.92. The summed E-state index contributed by atoms with van der Waals surface area (Å²) in [6, 6.07) is 15.2. The van der Waals surface area contributed by atoms with Gasteiger partial charge in [-0.15, -0.1) is 0 Å². The minimum absolute atomic E-state index is 0.0396. The van der Waals surface area contributed by atoms with Crippen LogP contribution in [0.2, 0.25) is 5.02 Å². The molecule has 2 amide bonds. The molecule has 0 unspecified atom stereocenters. The van der Waals surface area contributed by atoms with Gasteiger partial charge < -0.3 is 10.6 Å². The summed E-state index contributed by atoms with van der Waals surface area (Å²) < 4.78 is 0. The van der Waals surface area contributed by atoms with E-state index < -0.39 is 0 Å². The van der Waals surface area contributed by atoms with Crippen molar-refractivity contribution < 1.29 is 4.79 Å². The fraction of sp³-hybridized carbons (Fsp3) is 0.316. The van der Waals surface area contributed by atoms with Crippen LogP contribution in [0.15, 0.2) is 48.5 Å². The SMILES string of the molecule is CC[C@@H](NC(=O)Nc1ccc(C(C)C)cc1)c1ccc(Cl)cc1. The molecule has 23 heavy (non-hydrogen) atoms. The van der Waals surface area contributed by atoms with Crippen molar-refractivity contribution in [1.29, 1.82) is 0 Å². The molecule has 1 atom stereocenters. The lowest BCUT2D eigenvalue weighted by molar-refractivity contribution is 0.248. The second-order valence-corrected chi connectivity index (χ2v) is 6.32. The molecule has 2 aromatic carbocycles. The third kappa shape index (κ3) is 5.00. The molecule has 0 spiro atoms. The van der Waals surface area contributed by atoms with Crippen LogP contribution in [0.25, 0.3) is 0 Å². The highest BCUT2D eigenvalue weighted by molar-refractivity contribution is 6.30. The molecule has 0 bridgehead atoms. The van der Waals surface area contributed by atoms with Crippen LogP contribution in [0.4, 0.5) is 10.5 Å². The van der Waals surface area contributed by atoms with Gasteiger partial charge in [0.15, 0.2) is 0 Å². The van der Waals surface area contributed by atoms with E-state index in [4.69, 9.17) is 11.6 Å². The van der Waals surface area contributed by atoms with E-state index in [9.17, 15) is 4.79 Å². The maximum Gasteiger partial charge on any atom is 0.319 e. The maximum atomic E-state index is 12.2. The Morgan fingerprint density at radius 2 is 1.57 bits per heavy atom. The molecule has 0 saturated heterocycles. The lowest BCUT2D eigenvalue weighted by Gasteiger charge is -2.18. The van der Waals surface area contributed by atoms with E-state index in [0.29, 0.717) is 10.9 Å². The van der Waals surface area contributed by atoms with Crippen molar-refractivity contribution in [2.24, 2.45) is 0 Å². The first kappa shape index (κ1) is 17.4. The second kappa shape index (κ2) is 8.02. The fourth-order valence-corrected chi connectivity index (χ4v) is 2.52. The van der Waals surface area contributed by atoms with Gasteiger partial charge in [-0.3, -0.25) is 0 Å². The van der Waals surface area contributed by atoms with Gasteiger partial charge in [0, 0.05) is 10.7 Å². The van der Waals surface area contributed by atoms with Crippen molar-refractivity contribution >= 4 is 23.3 Å². The van der Waals surface area contributed by atoms with Crippen molar-refractivity contribution in [3.63, 3.8) is 0 Å². The average molecular weight is 331 g/mol. The number of benzene rings is 2. The minimum atomic E-state index is -0.205. The van der Waals surface area contributed by atoms with Crippen LogP contribution in [0.1, 0.15) is 50.3 Å². The van der Waals surface area contributed by atoms with Crippen LogP contribution in [0, 0.1) is 0 Å². The van der Waals surface area contributed by atoms with Gasteiger partial charge in [-0.1, -0.05) is 56.6 Å². The number of carbonyl (C=O) groups is 1. The number of nitrogens with one attached hydrogen (secondary N) is 2. The monoisotopic (exact) mass is 330 g/mol. The molecule has 0 fully saturated rings. The first-order chi connectivity index (χ1) is 11.0. The van der Waals surface area contributed by atoms with E-state index in [2.05, 4.69) is 24.5 Å². The molecular formula is C19H23ClN2O. The highest BCUT2D eigenvalue weighted by Gasteiger charge is 2.12. The molecule has 0 aliphatic heterocycles. The largest absolute Gasteiger partial charge is 0.331 e. The molecule has 4 heteroatoms. The Kier molecular flexibility index (Phi) is 6.05. The van der Waals surface area contributed by atoms with Crippen molar-refractivity contribution in [2.45, 2.75) is 39.2 Å². The fourth-order valence-electron chi connectivity index (χ4n) is 2.39. The van der Waals surface area contributed by atoms with Crippen molar-refractivity contribution in [1.82, 2.24) is 5.32 Å². The summed E-state index contributed by atoms with van der Waals surface area (Å²) in [6.07, 6.45) is 0.807. The molecular weight excluding hydrogens is 308 g/mol. The molecule has 122 valence electrons. The lowest BCUT2D eigenvalue weighted by atomic mass is 10.0. The number of halogens is 1. The van der Waals surface area contributed by atoms with Gasteiger partial charge in [0.25, 0.3) is 0 Å². The van der Waals surface area contributed by atoms with E-state index in [1.54, 1.807) is 0 Å². The number of amides is 2. The molecule has 3 nitrogen and oxygen atoms in total. The summed E-state index contributed by atoms with van der Waals surface area (Å²) in [5.74, 6) is 0.479. The molecule has 2 aromatic rings. The zero-order chi connectivity index (χ0) is 16.8. The third-order valence-electron chi connectivity index (χ3n) is 3.82. The first-order valence-corrected chi connectivity index (χ1v) is 8.30. The number of anilines is 1. The molecule has 0 aliphatic rings. The van der Waals surface area contributed by atoms with E-state index in [-0.39, 0.29) is 12.1 Å². The zero-order valence-corrected chi connectivity index (χ0v) is 14.5. The number of carbonyl (C=O) groups excluding carboxylic acids is 1. The van der Waals surface area contributed by atoms with Gasteiger partial charge >= 0.3 is 6.03 Å². The van der Waals surface area contributed by atoms with Crippen LogP contribution in [0.3, 0.4) is 0 Å². The van der Waals surface area contributed by atoms with Gasteiger partial charge in [-0.05, 0) is 47.7 Å². The van der Waals surface area contributed by atoms with Crippen molar-refractivity contribution in [3.05, 3.63) is 64.7 Å². The van der Waals surface area contributed by atoms with Crippen molar-refractivity contribution in [3.8, 4) is 0 Å². The second-order valence-electron chi connectivity index (χ2n) is 5.89. The number of hydrogen-bond acceptors (Lipinski definition) is 1. The Bertz CT molecular complexity index is 635.